The Morgan fingerprint density at radius 1 is 1.12 bits per heavy atom. The van der Waals surface area contributed by atoms with Crippen LogP contribution in [0, 0.1) is 0 Å². The van der Waals surface area contributed by atoms with Crippen LogP contribution in [0.3, 0.4) is 0 Å². The maximum atomic E-state index is 11.8. The van der Waals surface area contributed by atoms with Gasteiger partial charge in [0, 0.05) is 10.9 Å². The molecule has 1 amide bonds. The SMILES string of the molecule is COc1ccc(-c2csc(NC(=O)OCc3ccccc3)n2)cc1. The van der Waals surface area contributed by atoms with Crippen LogP contribution in [-0.4, -0.2) is 18.2 Å². The predicted octanol–water partition coefficient (Wildman–Crippen LogP) is 4.57. The van der Waals surface area contributed by atoms with E-state index < -0.39 is 6.09 Å². The molecule has 0 bridgehead atoms. The zero-order valence-corrected chi connectivity index (χ0v) is 13.9. The van der Waals surface area contributed by atoms with Gasteiger partial charge in [-0.05, 0) is 29.8 Å². The molecule has 0 fully saturated rings. The van der Waals surface area contributed by atoms with Gasteiger partial charge in [0.2, 0.25) is 0 Å². The number of amides is 1. The molecule has 3 aromatic rings. The van der Waals surface area contributed by atoms with Crippen molar-refractivity contribution in [1.82, 2.24) is 4.98 Å². The fourth-order valence-corrected chi connectivity index (χ4v) is 2.78. The molecule has 0 spiro atoms. The molecular weight excluding hydrogens is 324 g/mol. The van der Waals surface area contributed by atoms with E-state index in [-0.39, 0.29) is 6.61 Å². The Kier molecular flexibility index (Phi) is 5.08. The van der Waals surface area contributed by atoms with Gasteiger partial charge < -0.3 is 9.47 Å². The first kappa shape index (κ1) is 16.0. The minimum atomic E-state index is -0.519. The van der Waals surface area contributed by atoms with Gasteiger partial charge in [-0.1, -0.05) is 30.3 Å². The molecule has 1 aromatic heterocycles. The van der Waals surface area contributed by atoms with Crippen molar-refractivity contribution in [2.45, 2.75) is 6.61 Å². The monoisotopic (exact) mass is 340 g/mol. The lowest BCUT2D eigenvalue weighted by atomic mass is 10.2. The summed E-state index contributed by atoms with van der Waals surface area (Å²) in [5.74, 6) is 0.789. The molecular formula is C18H16N2O3S. The lowest BCUT2D eigenvalue weighted by Gasteiger charge is -2.04. The number of nitrogens with zero attached hydrogens (tertiary/aromatic N) is 1. The number of ether oxygens (including phenoxy) is 2. The third kappa shape index (κ3) is 4.11. The molecule has 0 radical (unpaired) electrons. The van der Waals surface area contributed by atoms with Gasteiger partial charge in [0.15, 0.2) is 5.13 Å². The summed E-state index contributed by atoms with van der Waals surface area (Å²) in [7, 11) is 1.63. The minimum Gasteiger partial charge on any atom is -0.497 e. The summed E-state index contributed by atoms with van der Waals surface area (Å²) in [6.07, 6.45) is -0.519. The largest absolute Gasteiger partial charge is 0.497 e. The van der Waals surface area contributed by atoms with Crippen LogP contribution in [0.4, 0.5) is 9.93 Å². The predicted molar refractivity (Wildman–Crippen MR) is 94.4 cm³/mol. The molecule has 0 aliphatic heterocycles. The first-order valence-corrected chi connectivity index (χ1v) is 8.20. The van der Waals surface area contributed by atoms with E-state index in [0.717, 1.165) is 22.6 Å². The molecule has 0 unspecified atom stereocenters. The van der Waals surface area contributed by atoms with E-state index in [4.69, 9.17) is 9.47 Å². The molecule has 0 aliphatic carbocycles. The van der Waals surface area contributed by atoms with E-state index >= 15 is 0 Å². The van der Waals surface area contributed by atoms with Crippen molar-refractivity contribution in [1.29, 1.82) is 0 Å². The molecule has 3 rings (SSSR count). The minimum absolute atomic E-state index is 0.226. The van der Waals surface area contributed by atoms with Crippen LogP contribution in [0.25, 0.3) is 11.3 Å². The number of carbonyl (C=O) groups excluding carboxylic acids is 1. The number of benzene rings is 2. The van der Waals surface area contributed by atoms with Crippen LogP contribution in [-0.2, 0) is 11.3 Å². The number of carbonyl (C=O) groups is 1. The number of nitrogens with one attached hydrogen (secondary N) is 1. The van der Waals surface area contributed by atoms with Crippen molar-refractivity contribution in [2.75, 3.05) is 12.4 Å². The van der Waals surface area contributed by atoms with Crippen LogP contribution < -0.4 is 10.1 Å². The van der Waals surface area contributed by atoms with Crippen LogP contribution in [0.2, 0.25) is 0 Å². The van der Waals surface area contributed by atoms with E-state index in [1.165, 1.54) is 11.3 Å². The average Bonchev–Trinajstić information content (AvgIpc) is 3.09. The Labute approximate surface area is 143 Å². The maximum Gasteiger partial charge on any atom is 0.413 e. The topological polar surface area (TPSA) is 60.5 Å². The second kappa shape index (κ2) is 7.61. The Hall–Kier alpha value is -2.86. The standard InChI is InChI=1S/C18H16N2O3S/c1-22-15-9-7-14(8-10-15)16-12-24-17(19-16)20-18(21)23-11-13-5-3-2-4-6-13/h2-10,12H,11H2,1H3,(H,19,20,21). The number of aromatic nitrogens is 1. The molecule has 0 saturated heterocycles. The van der Waals surface area contributed by atoms with E-state index in [9.17, 15) is 4.79 Å². The van der Waals surface area contributed by atoms with Gasteiger partial charge in [-0.15, -0.1) is 11.3 Å². The van der Waals surface area contributed by atoms with Gasteiger partial charge in [0.1, 0.15) is 12.4 Å². The highest BCUT2D eigenvalue weighted by Gasteiger charge is 2.09. The third-order valence-electron chi connectivity index (χ3n) is 3.31. The van der Waals surface area contributed by atoms with E-state index in [0.29, 0.717) is 5.13 Å². The number of hydrogen-bond donors (Lipinski definition) is 1. The van der Waals surface area contributed by atoms with Gasteiger partial charge in [-0.25, -0.2) is 9.78 Å². The second-order valence-electron chi connectivity index (χ2n) is 4.95. The molecule has 2 aromatic carbocycles. The maximum absolute atomic E-state index is 11.8. The summed E-state index contributed by atoms with van der Waals surface area (Å²) in [5, 5.41) is 5.03. The van der Waals surface area contributed by atoms with Crippen molar-refractivity contribution in [2.24, 2.45) is 0 Å². The van der Waals surface area contributed by atoms with Gasteiger partial charge >= 0.3 is 6.09 Å². The lowest BCUT2D eigenvalue weighted by Crippen LogP contribution is -2.13. The van der Waals surface area contributed by atoms with E-state index in [2.05, 4.69) is 10.3 Å². The molecule has 0 atom stereocenters. The normalized spacial score (nSPS) is 10.2. The molecule has 1 N–H and O–H groups in total. The van der Waals surface area contributed by atoms with Gasteiger partial charge in [0.25, 0.3) is 0 Å². The number of anilines is 1. The summed E-state index contributed by atoms with van der Waals surface area (Å²) in [5.41, 5.74) is 2.68. The summed E-state index contributed by atoms with van der Waals surface area (Å²) in [4.78, 5) is 16.2. The summed E-state index contributed by atoms with van der Waals surface area (Å²) >= 11 is 1.35. The van der Waals surface area contributed by atoms with Crippen LogP contribution in [0.5, 0.6) is 5.75 Å². The number of rotatable bonds is 5. The number of hydrogen-bond acceptors (Lipinski definition) is 5. The first-order valence-electron chi connectivity index (χ1n) is 7.32. The summed E-state index contributed by atoms with van der Waals surface area (Å²) < 4.78 is 10.3. The Bertz CT molecular complexity index is 801. The molecule has 5 nitrogen and oxygen atoms in total. The first-order chi connectivity index (χ1) is 11.7. The molecule has 6 heteroatoms. The lowest BCUT2D eigenvalue weighted by molar-refractivity contribution is 0.155. The third-order valence-corrected chi connectivity index (χ3v) is 4.07. The summed E-state index contributed by atoms with van der Waals surface area (Å²) in [6.45, 7) is 0.226. The highest BCUT2D eigenvalue weighted by Crippen LogP contribution is 2.26. The van der Waals surface area contributed by atoms with Crippen LogP contribution in [0.1, 0.15) is 5.56 Å². The van der Waals surface area contributed by atoms with E-state index in [1.807, 2.05) is 60.0 Å². The van der Waals surface area contributed by atoms with Crippen LogP contribution in [0.15, 0.2) is 60.0 Å². The van der Waals surface area contributed by atoms with Crippen LogP contribution >= 0.6 is 11.3 Å². The van der Waals surface area contributed by atoms with Crippen molar-refractivity contribution in [3.8, 4) is 17.0 Å². The Balaban J connectivity index is 1.58. The molecule has 24 heavy (non-hydrogen) atoms. The quantitative estimate of drug-likeness (QED) is 0.739. The highest BCUT2D eigenvalue weighted by molar-refractivity contribution is 7.14. The van der Waals surface area contributed by atoms with Crippen molar-refractivity contribution in [3.05, 3.63) is 65.5 Å². The molecule has 0 aliphatic rings. The fourth-order valence-electron chi connectivity index (χ4n) is 2.07. The molecule has 0 saturated carbocycles. The van der Waals surface area contributed by atoms with Gasteiger partial charge in [-0.2, -0.15) is 0 Å². The zero-order valence-electron chi connectivity index (χ0n) is 13.1. The number of thiazole rings is 1. The van der Waals surface area contributed by atoms with Crippen molar-refractivity contribution >= 4 is 22.6 Å². The van der Waals surface area contributed by atoms with Gasteiger partial charge in [0.05, 0.1) is 12.8 Å². The number of methoxy groups -OCH3 is 1. The smallest absolute Gasteiger partial charge is 0.413 e. The molecule has 1 heterocycles. The van der Waals surface area contributed by atoms with Crippen molar-refractivity contribution in [3.63, 3.8) is 0 Å². The fraction of sp³-hybridized carbons (Fsp3) is 0.111. The Morgan fingerprint density at radius 2 is 1.88 bits per heavy atom. The van der Waals surface area contributed by atoms with Gasteiger partial charge in [-0.3, -0.25) is 5.32 Å². The summed E-state index contributed by atoms with van der Waals surface area (Å²) in [6, 6.07) is 17.1. The second-order valence-corrected chi connectivity index (χ2v) is 5.81. The van der Waals surface area contributed by atoms with Crippen molar-refractivity contribution < 1.29 is 14.3 Å². The Morgan fingerprint density at radius 3 is 2.58 bits per heavy atom. The zero-order chi connectivity index (χ0) is 16.8. The highest BCUT2D eigenvalue weighted by atomic mass is 32.1. The molecule has 122 valence electrons. The van der Waals surface area contributed by atoms with E-state index in [1.54, 1.807) is 7.11 Å². The average molecular weight is 340 g/mol.